The summed E-state index contributed by atoms with van der Waals surface area (Å²) in [5.74, 6) is -1.60. The number of benzene rings is 2. The van der Waals surface area contributed by atoms with Crippen LogP contribution in [0.15, 0.2) is 53.9 Å². The van der Waals surface area contributed by atoms with Crippen molar-refractivity contribution in [2.24, 2.45) is 0 Å². The van der Waals surface area contributed by atoms with Crippen LogP contribution in [-0.2, 0) is 10.5 Å². The zero-order valence-corrected chi connectivity index (χ0v) is 15.5. The molecule has 0 radical (unpaired) electrons. The minimum absolute atomic E-state index is 0.237. The molecule has 1 atom stereocenters. The van der Waals surface area contributed by atoms with E-state index in [0.29, 0.717) is 5.75 Å². The fraction of sp³-hybridized carbons (Fsp3) is 0.158. The van der Waals surface area contributed by atoms with E-state index < -0.39 is 11.6 Å². The van der Waals surface area contributed by atoms with Crippen LogP contribution < -0.4 is 5.32 Å². The molecule has 134 valence electrons. The molecule has 0 aliphatic rings. The summed E-state index contributed by atoms with van der Waals surface area (Å²) in [6.45, 7) is 1.77. The fourth-order valence-electron chi connectivity index (χ4n) is 2.19. The zero-order valence-electron chi connectivity index (χ0n) is 13.9. The standard InChI is InChI=1S/C19H16F2N2OS2/c1-12(18(24)22-14-7-8-16(20)17(21)9-14)25-10-15-11-26-19(23-15)13-5-3-2-4-6-13/h2-9,11-12H,10H2,1H3,(H,22,24). The summed E-state index contributed by atoms with van der Waals surface area (Å²) in [6.07, 6.45) is 0. The normalized spacial score (nSPS) is 12.0. The lowest BCUT2D eigenvalue weighted by Crippen LogP contribution is -2.22. The molecule has 26 heavy (non-hydrogen) atoms. The van der Waals surface area contributed by atoms with Crippen molar-refractivity contribution in [1.29, 1.82) is 0 Å². The first-order valence-corrected chi connectivity index (χ1v) is 9.83. The maximum absolute atomic E-state index is 13.2. The molecule has 0 bridgehead atoms. The van der Waals surface area contributed by atoms with Crippen molar-refractivity contribution in [3.8, 4) is 10.6 Å². The molecule has 7 heteroatoms. The lowest BCUT2D eigenvalue weighted by atomic mass is 10.2. The Kier molecular flexibility index (Phi) is 6.00. The smallest absolute Gasteiger partial charge is 0.237 e. The van der Waals surface area contributed by atoms with E-state index in [4.69, 9.17) is 0 Å². The van der Waals surface area contributed by atoms with E-state index in [1.54, 1.807) is 18.3 Å². The summed E-state index contributed by atoms with van der Waals surface area (Å²) in [4.78, 5) is 16.8. The third-order valence-electron chi connectivity index (χ3n) is 3.61. The van der Waals surface area contributed by atoms with E-state index in [0.717, 1.165) is 28.4 Å². The predicted molar refractivity (Wildman–Crippen MR) is 103 cm³/mol. The van der Waals surface area contributed by atoms with Gasteiger partial charge in [0.25, 0.3) is 0 Å². The summed E-state index contributed by atoms with van der Waals surface area (Å²) < 4.78 is 26.1. The van der Waals surface area contributed by atoms with Crippen LogP contribution >= 0.6 is 23.1 Å². The number of thioether (sulfide) groups is 1. The highest BCUT2D eigenvalue weighted by molar-refractivity contribution is 7.99. The lowest BCUT2D eigenvalue weighted by Gasteiger charge is -2.11. The van der Waals surface area contributed by atoms with Gasteiger partial charge in [-0.15, -0.1) is 23.1 Å². The Bertz CT molecular complexity index is 900. The second kappa shape index (κ2) is 8.42. The molecule has 1 heterocycles. The van der Waals surface area contributed by atoms with Crippen LogP contribution in [0.2, 0.25) is 0 Å². The number of hydrogen-bond donors (Lipinski definition) is 1. The van der Waals surface area contributed by atoms with Gasteiger partial charge in [-0.3, -0.25) is 4.79 Å². The molecule has 0 saturated heterocycles. The average Bonchev–Trinajstić information content (AvgIpc) is 3.12. The Labute approximate surface area is 158 Å². The molecule has 0 fully saturated rings. The van der Waals surface area contributed by atoms with Crippen LogP contribution in [0.5, 0.6) is 0 Å². The molecule has 2 aromatic carbocycles. The van der Waals surface area contributed by atoms with Crippen molar-refractivity contribution in [2.45, 2.75) is 17.9 Å². The number of hydrogen-bond acceptors (Lipinski definition) is 4. The van der Waals surface area contributed by atoms with Gasteiger partial charge in [0.05, 0.1) is 10.9 Å². The Balaban J connectivity index is 1.55. The highest BCUT2D eigenvalue weighted by atomic mass is 32.2. The maximum atomic E-state index is 13.2. The van der Waals surface area contributed by atoms with Crippen LogP contribution in [0.3, 0.4) is 0 Å². The molecule has 1 amide bonds. The number of nitrogens with one attached hydrogen (secondary N) is 1. The van der Waals surface area contributed by atoms with E-state index in [1.807, 2.05) is 35.7 Å². The molecule has 0 aliphatic heterocycles. The van der Waals surface area contributed by atoms with Crippen LogP contribution in [0.4, 0.5) is 14.5 Å². The van der Waals surface area contributed by atoms with E-state index in [9.17, 15) is 13.6 Å². The summed E-state index contributed by atoms with van der Waals surface area (Å²) in [5, 5.41) is 5.16. The van der Waals surface area contributed by atoms with Crippen molar-refractivity contribution in [3.05, 3.63) is 71.2 Å². The van der Waals surface area contributed by atoms with Crippen molar-refractivity contribution < 1.29 is 13.6 Å². The minimum Gasteiger partial charge on any atom is -0.325 e. The SMILES string of the molecule is CC(SCc1csc(-c2ccccc2)n1)C(=O)Nc1ccc(F)c(F)c1. The fourth-order valence-corrected chi connectivity index (χ4v) is 3.90. The van der Waals surface area contributed by atoms with Gasteiger partial charge >= 0.3 is 0 Å². The lowest BCUT2D eigenvalue weighted by molar-refractivity contribution is -0.115. The van der Waals surface area contributed by atoms with Gasteiger partial charge in [0.2, 0.25) is 5.91 Å². The van der Waals surface area contributed by atoms with Crippen molar-refractivity contribution in [1.82, 2.24) is 4.98 Å². The Morgan fingerprint density at radius 1 is 1.19 bits per heavy atom. The summed E-state index contributed by atoms with van der Waals surface area (Å²) in [6, 6.07) is 13.2. The molecule has 3 rings (SSSR count). The Hall–Kier alpha value is -2.25. The summed E-state index contributed by atoms with van der Waals surface area (Å²) in [7, 11) is 0. The zero-order chi connectivity index (χ0) is 18.5. The average molecular weight is 390 g/mol. The van der Waals surface area contributed by atoms with Crippen LogP contribution in [-0.4, -0.2) is 16.1 Å². The molecule has 0 spiro atoms. The first-order chi connectivity index (χ1) is 12.5. The van der Waals surface area contributed by atoms with Gasteiger partial charge < -0.3 is 5.32 Å². The van der Waals surface area contributed by atoms with Gasteiger partial charge in [-0.05, 0) is 19.1 Å². The Morgan fingerprint density at radius 3 is 2.69 bits per heavy atom. The topological polar surface area (TPSA) is 42.0 Å². The second-order valence-electron chi connectivity index (χ2n) is 5.58. The quantitative estimate of drug-likeness (QED) is 0.617. The number of anilines is 1. The molecule has 1 N–H and O–H groups in total. The van der Waals surface area contributed by atoms with Crippen molar-refractivity contribution in [2.75, 3.05) is 5.32 Å². The molecule has 3 aromatic rings. The second-order valence-corrected chi connectivity index (χ2v) is 7.77. The van der Waals surface area contributed by atoms with Crippen molar-refractivity contribution in [3.63, 3.8) is 0 Å². The van der Waals surface area contributed by atoms with Gasteiger partial charge in [-0.1, -0.05) is 30.3 Å². The van der Waals surface area contributed by atoms with E-state index in [2.05, 4.69) is 10.3 Å². The largest absolute Gasteiger partial charge is 0.325 e. The highest BCUT2D eigenvalue weighted by Gasteiger charge is 2.15. The number of carbonyl (C=O) groups is 1. The number of carbonyl (C=O) groups excluding carboxylic acids is 1. The first kappa shape index (κ1) is 18.5. The van der Waals surface area contributed by atoms with Gasteiger partial charge in [0, 0.05) is 28.5 Å². The number of aromatic nitrogens is 1. The molecule has 1 aromatic heterocycles. The number of nitrogens with zero attached hydrogens (tertiary/aromatic N) is 1. The molecule has 1 unspecified atom stereocenters. The summed E-state index contributed by atoms with van der Waals surface area (Å²) in [5.41, 5.74) is 2.21. The Morgan fingerprint density at radius 2 is 1.96 bits per heavy atom. The first-order valence-electron chi connectivity index (χ1n) is 7.90. The monoisotopic (exact) mass is 390 g/mol. The number of amides is 1. The van der Waals surface area contributed by atoms with Crippen LogP contribution in [0.1, 0.15) is 12.6 Å². The van der Waals surface area contributed by atoms with Gasteiger partial charge in [0.15, 0.2) is 11.6 Å². The number of rotatable bonds is 6. The van der Waals surface area contributed by atoms with Crippen molar-refractivity contribution >= 4 is 34.7 Å². The van der Waals surface area contributed by atoms with Crippen LogP contribution in [0.25, 0.3) is 10.6 Å². The van der Waals surface area contributed by atoms with Gasteiger partial charge in [0.1, 0.15) is 5.01 Å². The van der Waals surface area contributed by atoms with Crippen LogP contribution in [0, 0.1) is 11.6 Å². The molecular weight excluding hydrogens is 374 g/mol. The molecule has 3 nitrogen and oxygen atoms in total. The van der Waals surface area contributed by atoms with Gasteiger partial charge in [-0.2, -0.15) is 0 Å². The highest BCUT2D eigenvalue weighted by Crippen LogP contribution is 2.26. The summed E-state index contributed by atoms with van der Waals surface area (Å²) >= 11 is 3.00. The third kappa shape index (κ3) is 4.68. The van der Waals surface area contributed by atoms with E-state index >= 15 is 0 Å². The number of thiazole rings is 1. The maximum Gasteiger partial charge on any atom is 0.237 e. The van der Waals surface area contributed by atoms with E-state index in [1.165, 1.54) is 17.8 Å². The van der Waals surface area contributed by atoms with Gasteiger partial charge in [-0.25, -0.2) is 13.8 Å². The predicted octanol–water partition coefficient (Wildman–Crippen LogP) is 5.35. The number of halogens is 2. The third-order valence-corrected chi connectivity index (χ3v) is 5.73. The molecule has 0 saturated carbocycles. The molecule has 0 aliphatic carbocycles. The van der Waals surface area contributed by atoms with E-state index in [-0.39, 0.29) is 16.8 Å². The minimum atomic E-state index is -0.987. The molecular formula is C19H16F2N2OS2.